The molecule has 25 heavy (non-hydrogen) atoms. The van der Waals surface area contributed by atoms with Gasteiger partial charge in [0.25, 0.3) is 5.91 Å². The van der Waals surface area contributed by atoms with Crippen LogP contribution in [-0.4, -0.2) is 26.0 Å². The average Bonchev–Trinajstić information content (AvgIpc) is 2.57. The SMILES string of the molecule is Cc1ccc(N)cc1C(=O)NCCCCN(C)c1ccccc1.Cl.Cl. The smallest absolute Gasteiger partial charge is 0.251 e. The van der Waals surface area contributed by atoms with E-state index in [-0.39, 0.29) is 30.7 Å². The first-order valence-corrected chi connectivity index (χ1v) is 7.98. The Labute approximate surface area is 162 Å². The van der Waals surface area contributed by atoms with Gasteiger partial charge in [-0.2, -0.15) is 0 Å². The lowest BCUT2D eigenvalue weighted by molar-refractivity contribution is 0.0952. The number of unbranched alkanes of at least 4 members (excludes halogenated alkanes) is 1. The van der Waals surface area contributed by atoms with Crippen molar-refractivity contribution in [1.29, 1.82) is 0 Å². The molecule has 0 atom stereocenters. The van der Waals surface area contributed by atoms with Crippen LogP contribution in [0.4, 0.5) is 11.4 Å². The number of hydrogen-bond donors (Lipinski definition) is 2. The molecule has 2 aromatic rings. The zero-order chi connectivity index (χ0) is 16.7. The molecule has 0 unspecified atom stereocenters. The predicted molar refractivity (Wildman–Crippen MR) is 111 cm³/mol. The van der Waals surface area contributed by atoms with Gasteiger partial charge in [0.1, 0.15) is 0 Å². The number of nitrogens with zero attached hydrogens (tertiary/aromatic N) is 1. The summed E-state index contributed by atoms with van der Waals surface area (Å²) in [5.41, 5.74) is 9.18. The molecular formula is C19H27Cl2N3O. The van der Waals surface area contributed by atoms with Crippen molar-refractivity contribution in [2.45, 2.75) is 19.8 Å². The minimum atomic E-state index is -0.0498. The van der Waals surface area contributed by atoms with Crippen LogP contribution >= 0.6 is 24.8 Å². The van der Waals surface area contributed by atoms with Gasteiger partial charge in [0, 0.05) is 37.1 Å². The number of benzene rings is 2. The number of anilines is 2. The van der Waals surface area contributed by atoms with Crippen molar-refractivity contribution in [2.75, 3.05) is 30.8 Å². The van der Waals surface area contributed by atoms with Gasteiger partial charge in [-0.3, -0.25) is 4.79 Å². The molecular weight excluding hydrogens is 357 g/mol. The summed E-state index contributed by atoms with van der Waals surface area (Å²) in [6, 6.07) is 15.7. The number of hydrogen-bond acceptors (Lipinski definition) is 3. The standard InChI is InChI=1S/C19H25N3O.2ClH/c1-15-10-11-16(20)14-18(15)19(23)21-12-6-7-13-22(2)17-8-4-3-5-9-17;;/h3-5,8-11,14H,6-7,12-13,20H2,1-2H3,(H,21,23);2*1H. The van der Waals surface area contributed by atoms with Gasteiger partial charge in [-0.05, 0) is 49.6 Å². The molecule has 6 heteroatoms. The van der Waals surface area contributed by atoms with Gasteiger partial charge in [-0.25, -0.2) is 0 Å². The van der Waals surface area contributed by atoms with E-state index in [1.807, 2.05) is 37.3 Å². The molecule has 138 valence electrons. The summed E-state index contributed by atoms with van der Waals surface area (Å²) in [7, 11) is 2.09. The van der Waals surface area contributed by atoms with E-state index in [2.05, 4.69) is 29.4 Å². The molecule has 2 rings (SSSR count). The maximum Gasteiger partial charge on any atom is 0.251 e. The third-order valence-corrected chi connectivity index (χ3v) is 3.91. The van der Waals surface area contributed by atoms with E-state index in [4.69, 9.17) is 5.73 Å². The fourth-order valence-electron chi connectivity index (χ4n) is 2.47. The molecule has 2 aromatic carbocycles. The van der Waals surface area contributed by atoms with Crippen molar-refractivity contribution in [3.63, 3.8) is 0 Å². The Balaban J connectivity index is 0.00000288. The van der Waals surface area contributed by atoms with Crippen molar-refractivity contribution < 1.29 is 4.79 Å². The molecule has 3 N–H and O–H groups in total. The highest BCUT2D eigenvalue weighted by molar-refractivity contribution is 5.96. The van der Waals surface area contributed by atoms with E-state index >= 15 is 0 Å². The minimum absolute atomic E-state index is 0. The number of carbonyl (C=O) groups excluding carboxylic acids is 1. The van der Waals surface area contributed by atoms with E-state index in [1.54, 1.807) is 6.07 Å². The van der Waals surface area contributed by atoms with Crippen molar-refractivity contribution >= 4 is 42.1 Å². The first kappa shape index (κ1) is 23.1. The van der Waals surface area contributed by atoms with Crippen LogP contribution in [0.3, 0.4) is 0 Å². The molecule has 0 saturated carbocycles. The molecule has 4 nitrogen and oxygen atoms in total. The molecule has 0 aliphatic heterocycles. The first-order valence-electron chi connectivity index (χ1n) is 7.98. The lowest BCUT2D eigenvalue weighted by atomic mass is 10.1. The number of halogens is 2. The second kappa shape index (κ2) is 11.6. The minimum Gasteiger partial charge on any atom is -0.399 e. The van der Waals surface area contributed by atoms with Crippen LogP contribution in [0.15, 0.2) is 48.5 Å². The lowest BCUT2D eigenvalue weighted by Gasteiger charge is -2.19. The highest BCUT2D eigenvalue weighted by Crippen LogP contribution is 2.13. The maximum absolute atomic E-state index is 12.2. The van der Waals surface area contributed by atoms with Gasteiger partial charge in [0.2, 0.25) is 0 Å². The van der Waals surface area contributed by atoms with E-state index in [1.165, 1.54) is 5.69 Å². The quantitative estimate of drug-likeness (QED) is 0.559. The van der Waals surface area contributed by atoms with Gasteiger partial charge in [0.05, 0.1) is 0 Å². The summed E-state index contributed by atoms with van der Waals surface area (Å²) in [5, 5.41) is 2.97. The number of nitrogens with one attached hydrogen (secondary N) is 1. The van der Waals surface area contributed by atoms with E-state index in [9.17, 15) is 4.79 Å². The van der Waals surface area contributed by atoms with Crippen LogP contribution in [0.5, 0.6) is 0 Å². The summed E-state index contributed by atoms with van der Waals surface area (Å²) < 4.78 is 0. The molecule has 0 spiro atoms. The molecule has 0 aliphatic carbocycles. The zero-order valence-corrected chi connectivity index (χ0v) is 16.3. The normalized spacial score (nSPS) is 9.52. The van der Waals surface area contributed by atoms with Crippen LogP contribution in [-0.2, 0) is 0 Å². The van der Waals surface area contributed by atoms with E-state index in [0.29, 0.717) is 17.8 Å². The summed E-state index contributed by atoms with van der Waals surface area (Å²) in [4.78, 5) is 14.4. The van der Waals surface area contributed by atoms with Gasteiger partial charge >= 0.3 is 0 Å². The Hall–Kier alpha value is -1.91. The second-order valence-electron chi connectivity index (χ2n) is 5.79. The number of para-hydroxylation sites is 1. The fourth-order valence-corrected chi connectivity index (χ4v) is 2.47. The fraction of sp³-hybridized carbons (Fsp3) is 0.316. The van der Waals surface area contributed by atoms with Gasteiger partial charge in [0.15, 0.2) is 0 Å². The topological polar surface area (TPSA) is 58.4 Å². The third-order valence-electron chi connectivity index (χ3n) is 3.91. The first-order chi connectivity index (χ1) is 11.1. The highest BCUT2D eigenvalue weighted by atomic mass is 35.5. The van der Waals surface area contributed by atoms with Gasteiger partial charge in [-0.15, -0.1) is 24.8 Å². The monoisotopic (exact) mass is 383 g/mol. The zero-order valence-electron chi connectivity index (χ0n) is 14.7. The Morgan fingerprint density at radius 2 is 1.76 bits per heavy atom. The number of rotatable bonds is 7. The van der Waals surface area contributed by atoms with Crippen LogP contribution < -0.4 is 16.0 Å². The molecule has 0 bridgehead atoms. The Bertz CT molecular complexity index is 650. The molecule has 0 radical (unpaired) electrons. The second-order valence-corrected chi connectivity index (χ2v) is 5.79. The van der Waals surface area contributed by atoms with Crippen molar-refractivity contribution in [3.05, 3.63) is 59.7 Å². The number of aryl methyl sites for hydroxylation is 1. The maximum atomic E-state index is 12.2. The third kappa shape index (κ3) is 7.24. The average molecular weight is 384 g/mol. The molecule has 0 aliphatic rings. The predicted octanol–water partition coefficient (Wildman–Crippen LogP) is 4.07. The molecule has 0 aromatic heterocycles. The largest absolute Gasteiger partial charge is 0.399 e. The molecule has 0 heterocycles. The summed E-state index contributed by atoms with van der Waals surface area (Å²) >= 11 is 0. The van der Waals surface area contributed by atoms with Gasteiger partial charge in [-0.1, -0.05) is 24.3 Å². The number of amides is 1. The molecule has 0 fully saturated rings. The Morgan fingerprint density at radius 3 is 2.44 bits per heavy atom. The molecule has 1 amide bonds. The summed E-state index contributed by atoms with van der Waals surface area (Å²) in [6.45, 7) is 3.57. The number of nitrogen functional groups attached to an aromatic ring is 1. The Kier molecular flexibility index (Phi) is 10.7. The van der Waals surface area contributed by atoms with Crippen molar-refractivity contribution in [3.8, 4) is 0 Å². The van der Waals surface area contributed by atoms with Crippen LogP contribution in [0.2, 0.25) is 0 Å². The van der Waals surface area contributed by atoms with Crippen LogP contribution in [0.1, 0.15) is 28.8 Å². The lowest BCUT2D eigenvalue weighted by Crippen LogP contribution is -2.26. The summed E-state index contributed by atoms with van der Waals surface area (Å²) in [6.07, 6.45) is 1.98. The summed E-state index contributed by atoms with van der Waals surface area (Å²) in [5.74, 6) is -0.0498. The van der Waals surface area contributed by atoms with Crippen molar-refractivity contribution in [2.24, 2.45) is 0 Å². The number of carbonyl (C=O) groups is 1. The highest BCUT2D eigenvalue weighted by Gasteiger charge is 2.08. The van der Waals surface area contributed by atoms with E-state index in [0.717, 1.165) is 24.9 Å². The van der Waals surface area contributed by atoms with Crippen LogP contribution in [0.25, 0.3) is 0 Å². The Morgan fingerprint density at radius 1 is 1.08 bits per heavy atom. The number of nitrogens with two attached hydrogens (primary N) is 1. The van der Waals surface area contributed by atoms with Crippen molar-refractivity contribution in [1.82, 2.24) is 5.32 Å². The van der Waals surface area contributed by atoms with Gasteiger partial charge < -0.3 is 16.0 Å². The molecule has 0 saturated heterocycles. The van der Waals surface area contributed by atoms with Crippen LogP contribution in [0, 0.1) is 6.92 Å². The van der Waals surface area contributed by atoms with E-state index < -0.39 is 0 Å².